The molecule has 1 fully saturated rings. The second-order valence-corrected chi connectivity index (χ2v) is 7.90. The summed E-state index contributed by atoms with van der Waals surface area (Å²) in [5.41, 5.74) is 2.92. The number of nitrogens with one attached hydrogen (secondary N) is 1. The van der Waals surface area contributed by atoms with E-state index in [4.69, 9.17) is 0 Å². The zero-order valence-corrected chi connectivity index (χ0v) is 14.3. The van der Waals surface area contributed by atoms with Crippen molar-refractivity contribution in [1.82, 2.24) is 9.62 Å². The summed E-state index contributed by atoms with van der Waals surface area (Å²) in [6.07, 6.45) is 2.02. The van der Waals surface area contributed by atoms with Crippen LogP contribution in [0.1, 0.15) is 36.5 Å². The number of sulfonamides is 1. The third kappa shape index (κ3) is 3.30. The molecule has 1 heterocycles. The lowest BCUT2D eigenvalue weighted by molar-refractivity contribution is 0.452. The molecule has 1 aromatic rings. The molecule has 0 aliphatic carbocycles. The topological polar surface area (TPSA) is 49.4 Å². The van der Waals surface area contributed by atoms with E-state index in [-0.39, 0.29) is 0 Å². The molecule has 1 unspecified atom stereocenters. The molecule has 0 spiro atoms. The van der Waals surface area contributed by atoms with E-state index in [1.54, 1.807) is 4.31 Å². The largest absolute Gasteiger partial charge is 0.316 e. The van der Waals surface area contributed by atoms with E-state index >= 15 is 0 Å². The molecule has 118 valence electrons. The molecular formula is C16H26N2O2S. The van der Waals surface area contributed by atoms with Crippen molar-refractivity contribution in [1.29, 1.82) is 0 Å². The highest BCUT2D eigenvalue weighted by atomic mass is 32.2. The fourth-order valence-corrected chi connectivity index (χ4v) is 4.84. The van der Waals surface area contributed by atoms with Gasteiger partial charge >= 0.3 is 0 Å². The normalized spacial score (nSPS) is 20.1. The molecule has 5 heteroatoms. The standard InChI is InChI=1S/C16H26N2O2S/c1-5-14-6-7-18(11-14)21(19,20)16-9-15(10-17-4)8-12(2)13(16)3/h8-9,14,17H,5-7,10-11H2,1-4H3. The Kier molecular flexibility index (Phi) is 5.07. The van der Waals surface area contributed by atoms with Crippen molar-refractivity contribution < 1.29 is 8.42 Å². The highest BCUT2D eigenvalue weighted by Crippen LogP contribution is 2.29. The maximum Gasteiger partial charge on any atom is 0.243 e. The van der Waals surface area contributed by atoms with Crippen LogP contribution in [0.15, 0.2) is 17.0 Å². The number of rotatable bonds is 5. The average molecular weight is 310 g/mol. The number of aryl methyl sites for hydroxylation is 1. The minimum atomic E-state index is -3.37. The third-order valence-corrected chi connectivity index (χ3v) is 6.50. The van der Waals surface area contributed by atoms with Crippen molar-refractivity contribution in [2.75, 3.05) is 20.1 Å². The van der Waals surface area contributed by atoms with E-state index < -0.39 is 10.0 Å². The summed E-state index contributed by atoms with van der Waals surface area (Å²) in [4.78, 5) is 0.476. The smallest absolute Gasteiger partial charge is 0.243 e. The Hall–Kier alpha value is -0.910. The predicted molar refractivity (Wildman–Crippen MR) is 85.8 cm³/mol. The summed E-state index contributed by atoms with van der Waals surface area (Å²) in [5, 5.41) is 3.09. The van der Waals surface area contributed by atoms with Crippen LogP contribution in [0, 0.1) is 19.8 Å². The molecule has 2 rings (SSSR count). The summed E-state index contributed by atoms with van der Waals surface area (Å²) < 4.78 is 27.5. The molecule has 0 bridgehead atoms. The number of hydrogen-bond donors (Lipinski definition) is 1. The van der Waals surface area contributed by atoms with Crippen LogP contribution in [0.3, 0.4) is 0 Å². The lowest BCUT2D eigenvalue weighted by atomic mass is 10.1. The Morgan fingerprint density at radius 2 is 2.05 bits per heavy atom. The highest BCUT2D eigenvalue weighted by molar-refractivity contribution is 7.89. The average Bonchev–Trinajstić information content (AvgIpc) is 2.92. The first-order chi connectivity index (χ1) is 9.90. The van der Waals surface area contributed by atoms with E-state index in [1.165, 1.54) is 0 Å². The summed E-state index contributed by atoms with van der Waals surface area (Å²) in [5.74, 6) is 0.502. The summed E-state index contributed by atoms with van der Waals surface area (Å²) >= 11 is 0. The van der Waals surface area contributed by atoms with Crippen LogP contribution in [-0.4, -0.2) is 32.9 Å². The Bertz CT molecular complexity index is 611. The zero-order chi connectivity index (χ0) is 15.6. The Morgan fingerprint density at radius 1 is 1.33 bits per heavy atom. The first kappa shape index (κ1) is 16.5. The Balaban J connectivity index is 2.40. The molecule has 1 aromatic carbocycles. The number of benzene rings is 1. The lowest BCUT2D eigenvalue weighted by Gasteiger charge is -2.20. The van der Waals surface area contributed by atoms with E-state index in [9.17, 15) is 8.42 Å². The SMILES string of the molecule is CCC1CCN(S(=O)(=O)c2cc(CNC)cc(C)c2C)C1. The molecule has 1 aliphatic rings. The Morgan fingerprint density at radius 3 is 2.62 bits per heavy atom. The molecule has 0 saturated carbocycles. The van der Waals surface area contributed by atoms with Gasteiger partial charge in [-0.25, -0.2) is 8.42 Å². The monoisotopic (exact) mass is 310 g/mol. The molecule has 1 aliphatic heterocycles. The number of hydrogen-bond acceptors (Lipinski definition) is 3. The van der Waals surface area contributed by atoms with Gasteiger partial charge in [-0.1, -0.05) is 19.4 Å². The molecule has 0 amide bonds. The van der Waals surface area contributed by atoms with Crippen LogP contribution in [-0.2, 0) is 16.6 Å². The maximum absolute atomic E-state index is 12.9. The van der Waals surface area contributed by atoms with Gasteiger partial charge in [-0.3, -0.25) is 0 Å². The van der Waals surface area contributed by atoms with Gasteiger partial charge in [0.2, 0.25) is 10.0 Å². The molecular weight excluding hydrogens is 284 g/mol. The van der Waals surface area contributed by atoms with Crippen LogP contribution in [0.2, 0.25) is 0 Å². The van der Waals surface area contributed by atoms with Crippen LogP contribution in [0.25, 0.3) is 0 Å². The van der Waals surface area contributed by atoms with Crippen LogP contribution < -0.4 is 5.32 Å². The summed E-state index contributed by atoms with van der Waals surface area (Å²) in [6.45, 7) is 8.00. The first-order valence-corrected chi connectivity index (χ1v) is 9.09. The maximum atomic E-state index is 12.9. The van der Waals surface area contributed by atoms with Gasteiger partial charge in [0.15, 0.2) is 0 Å². The van der Waals surface area contributed by atoms with Crippen molar-refractivity contribution >= 4 is 10.0 Å². The second-order valence-electron chi connectivity index (χ2n) is 5.99. The van der Waals surface area contributed by atoms with Gasteiger partial charge in [0, 0.05) is 19.6 Å². The lowest BCUT2D eigenvalue weighted by Crippen LogP contribution is -2.29. The van der Waals surface area contributed by atoms with E-state index in [2.05, 4.69) is 18.3 Å². The van der Waals surface area contributed by atoms with Crippen molar-refractivity contribution in [3.05, 3.63) is 28.8 Å². The van der Waals surface area contributed by atoms with Crippen LogP contribution in [0.5, 0.6) is 0 Å². The van der Waals surface area contributed by atoms with E-state index in [1.807, 2.05) is 27.0 Å². The van der Waals surface area contributed by atoms with E-state index in [0.717, 1.165) is 29.5 Å². The van der Waals surface area contributed by atoms with Gasteiger partial charge in [-0.2, -0.15) is 4.31 Å². The van der Waals surface area contributed by atoms with E-state index in [0.29, 0.717) is 30.4 Å². The first-order valence-electron chi connectivity index (χ1n) is 7.65. The fourth-order valence-electron chi connectivity index (χ4n) is 2.96. The number of nitrogens with zero attached hydrogens (tertiary/aromatic N) is 1. The fraction of sp³-hybridized carbons (Fsp3) is 0.625. The van der Waals surface area contributed by atoms with Crippen molar-refractivity contribution in [2.45, 2.75) is 45.1 Å². The second kappa shape index (κ2) is 6.46. The van der Waals surface area contributed by atoms with Crippen molar-refractivity contribution in [2.24, 2.45) is 5.92 Å². The minimum Gasteiger partial charge on any atom is -0.316 e. The van der Waals surface area contributed by atoms with Crippen molar-refractivity contribution in [3.63, 3.8) is 0 Å². The molecule has 0 radical (unpaired) electrons. The van der Waals surface area contributed by atoms with Gasteiger partial charge < -0.3 is 5.32 Å². The van der Waals surface area contributed by atoms with Gasteiger partial charge in [0.05, 0.1) is 4.90 Å². The summed E-state index contributed by atoms with van der Waals surface area (Å²) in [6, 6.07) is 3.89. The molecule has 1 atom stereocenters. The molecule has 1 saturated heterocycles. The van der Waals surface area contributed by atoms with Gasteiger partial charge in [0.1, 0.15) is 0 Å². The van der Waals surface area contributed by atoms with Crippen molar-refractivity contribution in [3.8, 4) is 0 Å². The highest BCUT2D eigenvalue weighted by Gasteiger charge is 2.33. The predicted octanol–water partition coefficient (Wildman–Crippen LogP) is 2.44. The molecule has 4 nitrogen and oxygen atoms in total. The van der Waals surface area contributed by atoms with Crippen LogP contribution in [0.4, 0.5) is 0 Å². The molecule has 0 aromatic heterocycles. The van der Waals surface area contributed by atoms with Crippen LogP contribution >= 0.6 is 0 Å². The van der Waals surface area contributed by atoms with Gasteiger partial charge in [0.25, 0.3) is 0 Å². The minimum absolute atomic E-state index is 0.476. The third-order valence-electron chi connectivity index (χ3n) is 4.50. The Labute approximate surface area is 128 Å². The molecule has 1 N–H and O–H groups in total. The zero-order valence-electron chi connectivity index (χ0n) is 13.4. The molecule has 21 heavy (non-hydrogen) atoms. The van der Waals surface area contributed by atoms with Gasteiger partial charge in [-0.05, 0) is 56.0 Å². The quantitative estimate of drug-likeness (QED) is 0.909. The summed E-state index contributed by atoms with van der Waals surface area (Å²) in [7, 11) is -1.50. The van der Waals surface area contributed by atoms with Gasteiger partial charge in [-0.15, -0.1) is 0 Å².